The molecule has 0 amide bonds. The predicted octanol–water partition coefficient (Wildman–Crippen LogP) is 6.35. The van der Waals surface area contributed by atoms with Gasteiger partial charge in [-0.15, -0.1) is 0 Å². The molecular weight excluding hydrogens is 349 g/mol. The summed E-state index contributed by atoms with van der Waals surface area (Å²) in [5.74, 6) is 7.06. The molecule has 1 unspecified atom stereocenters. The zero-order valence-electron chi connectivity index (χ0n) is 16.1. The van der Waals surface area contributed by atoms with E-state index in [-0.39, 0.29) is 0 Å². The van der Waals surface area contributed by atoms with E-state index < -0.39 is 6.17 Å². The van der Waals surface area contributed by atoms with Gasteiger partial charge in [0, 0.05) is 29.1 Å². The Morgan fingerprint density at radius 2 is 1.96 bits per heavy atom. The number of hydrogen-bond acceptors (Lipinski definition) is 2. The van der Waals surface area contributed by atoms with Crippen LogP contribution in [0.2, 0.25) is 0 Å². The SMILES string of the molecule is C=CCOc1ccc2cc(-c3ccc(C#CCCCC(C)F)cc3)ncc2c1. The van der Waals surface area contributed by atoms with Gasteiger partial charge in [-0.3, -0.25) is 4.98 Å². The lowest BCUT2D eigenvalue weighted by Crippen LogP contribution is -1.92. The number of fused-ring (bicyclic) bond motifs is 1. The third-order valence-electron chi connectivity index (χ3n) is 4.38. The standard InChI is InChI=1S/C25H24FNO/c1-3-15-28-24-14-13-22-17-25(27-18-23(22)16-24)21-11-9-20(10-12-21)8-6-4-5-7-19(2)26/h3,9-14,16-19H,1,4-5,7,15H2,2H3. The van der Waals surface area contributed by atoms with Gasteiger partial charge in [0.1, 0.15) is 12.4 Å². The van der Waals surface area contributed by atoms with Gasteiger partial charge in [-0.2, -0.15) is 0 Å². The van der Waals surface area contributed by atoms with E-state index in [0.717, 1.165) is 46.2 Å². The van der Waals surface area contributed by atoms with Gasteiger partial charge in [0.15, 0.2) is 0 Å². The minimum atomic E-state index is -0.748. The minimum absolute atomic E-state index is 0.487. The molecule has 0 radical (unpaired) electrons. The van der Waals surface area contributed by atoms with E-state index in [4.69, 9.17) is 4.74 Å². The lowest BCUT2D eigenvalue weighted by molar-refractivity contribution is 0.336. The number of rotatable bonds is 7. The van der Waals surface area contributed by atoms with Crippen LogP contribution in [0, 0.1) is 11.8 Å². The fraction of sp³-hybridized carbons (Fsp3) is 0.240. The molecule has 0 N–H and O–H groups in total. The monoisotopic (exact) mass is 373 g/mol. The number of benzene rings is 2. The van der Waals surface area contributed by atoms with Crippen LogP contribution in [-0.4, -0.2) is 17.8 Å². The second kappa shape index (κ2) is 9.71. The molecule has 2 nitrogen and oxygen atoms in total. The third kappa shape index (κ3) is 5.44. The maximum absolute atomic E-state index is 12.8. The van der Waals surface area contributed by atoms with Gasteiger partial charge in [0.05, 0.1) is 11.9 Å². The fourth-order valence-corrected chi connectivity index (χ4v) is 2.88. The zero-order chi connectivity index (χ0) is 19.8. The normalized spacial score (nSPS) is 11.5. The highest BCUT2D eigenvalue weighted by Gasteiger charge is 2.03. The van der Waals surface area contributed by atoms with E-state index >= 15 is 0 Å². The smallest absolute Gasteiger partial charge is 0.120 e. The van der Waals surface area contributed by atoms with Gasteiger partial charge in [0.25, 0.3) is 0 Å². The quantitative estimate of drug-likeness (QED) is 0.274. The van der Waals surface area contributed by atoms with Crippen molar-refractivity contribution < 1.29 is 9.13 Å². The summed E-state index contributed by atoms with van der Waals surface area (Å²) in [7, 11) is 0. The van der Waals surface area contributed by atoms with E-state index in [2.05, 4.69) is 29.5 Å². The van der Waals surface area contributed by atoms with E-state index in [0.29, 0.717) is 13.0 Å². The Morgan fingerprint density at radius 3 is 2.71 bits per heavy atom. The number of unbranched alkanes of at least 4 members (excludes halogenated alkanes) is 1. The van der Waals surface area contributed by atoms with E-state index in [1.165, 1.54) is 0 Å². The highest BCUT2D eigenvalue weighted by Crippen LogP contribution is 2.25. The molecule has 0 saturated heterocycles. The number of halogens is 1. The number of alkyl halides is 1. The molecule has 3 heteroatoms. The molecule has 1 aromatic heterocycles. The number of nitrogens with zero attached hydrogens (tertiary/aromatic N) is 1. The van der Waals surface area contributed by atoms with Crippen molar-refractivity contribution in [3.8, 4) is 28.8 Å². The molecular formula is C25H24FNO. The largest absolute Gasteiger partial charge is 0.490 e. The van der Waals surface area contributed by atoms with Crippen LogP contribution in [0.1, 0.15) is 31.7 Å². The minimum Gasteiger partial charge on any atom is -0.490 e. The lowest BCUT2D eigenvalue weighted by atomic mass is 10.1. The van der Waals surface area contributed by atoms with E-state index in [1.54, 1.807) is 13.0 Å². The molecule has 3 aromatic rings. The van der Waals surface area contributed by atoms with Crippen molar-refractivity contribution in [1.29, 1.82) is 0 Å². The molecule has 28 heavy (non-hydrogen) atoms. The van der Waals surface area contributed by atoms with Crippen molar-refractivity contribution in [2.75, 3.05) is 6.61 Å². The van der Waals surface area contributed by atoms with Crippen LogP contribution in [-0.2, 0) is 0 Å². The summed E-state index contributed by atoms with van der Waals surface area (Å²) < 4.78 is 18.3. The molecule has 3 rings (SSSR count). The summed E-state index contributed by atoms with van der Waals surface area (Å²) in [5.41, 5.74) is 2.93. The van der Waals surface area contributed by atoms with Crippen LogP contribution in [0.25, 0.3) is 22.0 Å². The van der Waals surface area contributed by atoms with Crippen molar-refractivity contribution in [2.24, 2.45) is 0 Å². The van der Waals surface area contributed by atoms with Crippen molar-refractivity contribution in [1.82, 2.24) is 4.98 Å². The molecule has 0 aliphatic rings. The van der Waals surface area contributed by atoms with Crippen LogP contribution >= 0.6 is 0 Å². The Hall–Kier alpha value is -3.12. The molecule has 0 aliphatic carbocycles. The fourth-order valence-electron chi connectivity index (χ4n) is 2.88. The maximum Gasteiger partial charge on any atom is 0.120 e. The second-order valence-electron chi connectivity index (χ2n) is 6.73. The number of ether oxygens (including phenoxy) is 1. The van der Waals surface area contributed by atoms with Crippen molar-refractivity contribution in [3.05, 3.63) is 72.9 Å². The summed E-state index contributed by atoms with van der Waals surface area (Å²) in [6.07, 6.45) is 4.94. The van der Waals surface area contributed by atoms with Crippen molar-refractivity contribution in [3.63, 3.8) is 0 Å². The van der Waals surface area contributed by atoms with Crippen LogP contribution < -0.4 is 4.74 Å². The molecule has 1 atom stereocenters. The topological polar surface area (TPSA) is 22.1 Å². The Balaban J connectivity index is 1.70. The summed E-state index contributed by atoms with van der Waals surface area (Å²) in [5, 5.41) is 2.15. The summed E-state index contributed by atoms with van der Waals surface area (Å²) in [6.45, 7) is 5.73. The Labute approximate surface area is 166 Å². The summed E-state index contributed by atoms with van der Waals surface area (Å²) in [4.78, 5) is 4.58. The van der Waals surface area contributed by atoms with Crippen molar-refractivity contribution in [2.45, 2.75) is 32.4 Å². The molecule has 142 valence electrons. The first-order valence-electron chi connectivity index (χ1n) is 9.52. The highest BCUT2D eigenvalue weighted by molar-refractivity contribution is 5.86. The second-order valence-corrected chi connectivity index (χ2v) is 6.73. The maximum atomic E-state index is 12.8. The van der Waals surface area contributed by atoms with E-state index in [1.807, 2.05) is 48.7 Å². The third-order valence-corrected chi connectivity index (χ3v) is 4.38. The molecule has 2 aromatic carbocycles. The molecule has 0 fully saturated rings. The lowest BCUT2D eigenvalue weighted by Gasteiger charge is -2.07. The predicted molar refractivity (Wildman–Crippen MR) is 114 cm³/mol. The molecule has 0 spiro atoms. The first-order chi connectivity index (χ1) is 13.7. The van der Waals surface area contributed by atoms with E-state index in [9.17, 15) is 4.39 Å². The van der Waals surface area contributed by atoms with Crippen LogP contribution in [0.5, 0.6) is 5.75 Å². The number of aromatic nitrogens is 1. The molecule has 0 aliphatic heterocycles. The van der Waals surface area contributed by atoms with Gasteiger partial charge in [0.2, 0.25) is 0 Å². The molecule has 1 heterocycles. The van der Waals surface area contributed by atoms with Gasteiger partial charge >= 0.3 is 0 Å². The van der Waals surface area contributed by atoms with Crippen molar-refractivity contribution >= 4 is 10.8 Å². The Morgan fingerprint density at radius 1 is 1.14 bits per heavy atom. The Kier molecular flexibility index (Phi) is 6.81. The molecule has 0 bridgehead atoms. The average molecular weight is 373 g/mol. The summed E-state index contributed by atoms with van der Waals surface area (Å²) >= 11 is 0. The van der Waals surface area contributed by atoms with Gasteiger partial charge in [-0.1, -0.05) is 42.7 Å². The average Bonchev–Trinajstić information content (AvgIpc) is 2.71. The first-order valence-corrected chi connectivity index (χ1v) is 9.52. The zero-order valence-corrected chi connectivity index (χ0v) is 16.1. The summed E-state index contributed by atoms with van der Waals surface area (Å²) in [6, 6.07) is 16.1. The van der Waals surface area contributed by atoms with Crippen LogP contribution in [0.3, 0.4) is 0 Å². The van der Waals surface area contributed by atoms with Crippen LogP contribution in [0.15, 0.2) is 67.4 Å². The highest BCUT2D eigenvalue weighted by atomic mass is 19.1. The van der Waals surface area contributed by atoms with Gasteiger partial charge in [-0.05, 0) is 55.5 Å². The van der Waals surface area contributed by atoms with Gasteiger partial charge < -0.3 is 4.74 Å². The first kappa shape index (κ1) is 19.6. The Bertz CT molecular complexity index is 996. The van der Waals surface area contributed by atoms with Gasteiger partial charge in [-0.25, -0.2) is 4.39 Å². The van der Waals surface area contributed by atoms with Crippen LogP contribution in [0.4, 0.5) is 4.39 Å². The molecule has 0 saturated carbocycles. The number of pyridine rings is 1. The number of hydrogen-bond donors (Lipinski definition) is 0.